The lowest BCUT2D eigenvalue weighted by atomic mass is 9.97. The first-order valence-electron chi connectivity index (χ1n) is 5.21. The number of hydrogen-bond acceptors (Lipinski definition) is 2. The molecule has 0 radical (unpaired) electrons. The predicted molar refractivity (Wildman–Crippen MR) is 61.3 cm³/mol. The number of carboxylic acids is 1. The Hall–Kier alpha value is -1.61. The molecule has 0 heterocycles. The van der Waals surface area contributed by atoms with Crippen LogP contribution in [0.5, 0.6) is 0 Å². The van der Waals surface area contributed by atoms with Crippen molar-refractivity contribution >= 4 is 12.0 Å². The van der Waals surface area contributed by atoms with E-state index in [9.17, 15) is 4.79 Å². The third-order valence-corrected chi connectivity index (χ3v) is 2.99. The first kappa shape index (κ1) is 10.9. The maximum Gasteiger partial charge on any atom is 0.310 e. The molecule has 0 saturated carbocycles. The van der Waals surface area contributed by atoms with Gasteiger partial charge in [0.05, 0.1) is 5.92 Å². The lowest BCUT2D eigenvalue weighted by Crippen LogP contribution is -2.08. The van der Waals surface area contributed by atoms with Crippen LogP contribution in [0.3, 0.4) is 0 Å². The van der Waals surface area contributed by atoms with Gasteiger partial charge in [-0.05, 0) is 23.6 Å². The first-order valence-corrected chi connectivity index (χ1v) is 5.21. The van der Waals surface area contributed by atoms with Crippen molar-refractivity contribution < 1.29 is 14.6 Å². The average Bonchev–Trinajstić information content (AvgIpc) is 2.69. The van der Waals surface area contributed by atoms with E-state index in [-0.39, 0.29) is 6.10 Å². The summed E-state index contributed by atoms with van der Waals surface area (Å²) in [5.41, 5.74) is 2.98. The van der Waals surface area contributed by atoms with Crippen molar-refractivity contribution in [3.05, 3.63) is 41.0 Å². The van der Waals surface area contributed by atoms with Gasteiger partial charge < -0.3 is 9.84 Å². The lowest BCUT2D eigenvalue weighted by molar-refractivity contribution is -0.138. The second-order valence-corrected chi connectivity index (χ2v) is 3.96. The zero-order chi connectivity index (χ0) is 11.7. The summed E-state index contributed by atoms with van der Waals surface area (Å²) in [5, 5.41) is 8.94. The Kier molecular flexibility index (Phi) is 2.79. The standard InChI is InChI=1S/C13H14O3/c1-8(13(14)15)9-3-5-11-10(7-9)4-6-12(11)16-2/h3-8,12H,1-2H3,(H,14,15). The van der Waals surface area contributed by atoms with Crippen LogP contribution in [-0.4, -0.2) is 18.2 Å². The van der Waals surface area contributed by atoms with E-state index >= 15 is 0 Å². The zero-order valence-corrected chi connectivity index (χ0v) is 9.31. The van der Waals surface area contributed by atoms with Gasteiger partial charge >= 0.3 is 5.97 Å². The molecule has 1 aliphatic rings. The normalized spacial score (nSPS) is 19.5. The number of methoxy groups -OCH3 is 1. The number of fused-ring (bicyclic) bond motifs is 1. The van der Waals surface area contributed by atoms with E-state index in [0.29, 0.717) is 0 Å². The van der Waals surface area contributed by atoms with Crippen LogP contribution in [0.15, 0.2) is 24.3 Å². The number of aliphatic carboxylic acids is 1. The molecule has 0 spiro atoms. The van der Waals surface area contributed by atoms with Gasteiger partial charge in [-0.1, -0.05) is 30.4 Å². The van der Waals surface area contributed by atoms with Crippen LogP contribution in [0.2, 0.25) is 0 Å². The van der Waals surface area contributed by atoms with Crippen molar-refractivity contribution in [2.24, 2.45) is 0 Å². The molecule has 16 heavy (non-hydrogen) atoms. The largest absolute Gasteiger partial charge is 0.481 e. The Balaban J connectivity index is 2.35. The van der Waals surface area contributed by atoms with Gasteiger partial charge in [0.25, 0.3) is 0 Å². The van der Waals surface area contributed by atoms with Crippen LogP contribution < -0.4 is 0 Å². The molecule has 0 fully saturated rings. The lowest BCUT2D eigenvalue weighted by Gasteiger charge is -2.11. The topological polar surface area (TPSA) is 46.5 Å². The van der Waals surface area contributed by atoms with Crippen LogP contribution in [0.1, 0.15) is 35.6 Å². The van der Waals surface area contributed by atoms with Crippen molar-refractivity contribution in [3.63, 3.8) is 0 Å². The molecule has 0 amide bonds. The van der Waals surface area contributed by atoms with Gasteiger partial charge in [0, 0.05) is 7.11 Å². The highest BCUT2D eigenvalue weighted by atomic mass is 16.5. The molecular formula is C13H14O3. The zero-order valence-electron chi connectivity index (χ0n) is 9.31. The third kappa shape index (κ3) is 1.74. The van der Waals surface area contributed by atoms with Crippen LogP contribution >= 0.6 is 0 Å². The SMILES string of the molecule is COC1C=Cc2cc(C(C)C(=O)O)ccc21. The van der Waals surface area contributed by atoms with E-state index in [1.165, 1.54) is 0 Å². The van der Waals surface area contributed by atoms with E-state index < -0.39 is 11.9 Å². The van der Waals surface area contributed by atoms with Gasteiger partial charge in [-0.3, -0.25) is 4.79 Å². The minimum Gasteiger partial charge on any atom is -0.481 e. The highest BCUT2D eigenvalue weighted by Gasteiger charge is 2.19. The number of carbonyl (C=O) groups is 1. The second kappa shape index (κ2) is 4.10. The molecule has 0 saturated heterocycles. The van der Waals surface area contributed by atoms with Gasteiger partial charge in [-0.15, -0.1) is 0 Å². The Morgan fingerprint density at radius 2 is 2.25 bits per heavy atom. The van der Waals surface area contributed by atoms with Crippen LogP contribution in [0.25, 0.3) is 6.08 Å². The van der Waals surface area contributed by atoms with Gasteiger partial charge in [0.1, 0.15) is 6.10 Å². The summed E-state index contributed by atoms with van der Waals surface area (Å²) in [7, 11) is 1.66. The molecule has 1 aromatic rings. The van der Waals surface area contributed by atoms with E-state index in [1.807, 2.05) is 30.4 Å². The molecule has 1 N–H and O–H groups in total. The van der Waals surface area contributed by atoms with Gasteiger partial charge in [0.15, 0.2) is 0 Å². The predicted octanol–water partition coefficient (Wildman–Crippen LogP) is 2.59. The maximum absolute atomic E-state index is 10.9. The summed E-state index contributed by atoms with van der Waals surface area (Å²) in [6.45, 7) is 1.69. The molecule has 1 aliphatic carbocycles. The van der Waals surface area contributed by atoms with Crippen molar-refractivity contribution in [2.75, 3.05) is 7.11 Å². The summed E-state index contributed by atoms with van der Waals surface area (Å²) < 4.78 is 5.28. The van der Waals surface area contributed by atoms with Gasteiger partial charge in [0.2, 0.25) is 0 Å². The van der Waals surface area contributed by atoms with E-state index in [4.69, 9.17) is 9.84 Å². The van der Waals surface area contributed by atoms with Crippen LogP contribution in [0, 0.1) is 0 Å². The fourth-order valence-corrected chi connectivity index (χ4v) is 1.91. The smallest absolute Gasteiger partial charge is 0.310 e. The summed E-state index contributed by atoms with van der Waals surface area (Å²) in [6.07, 6.45) is 3.95. The fourth-order valence-electron chi connectivity index (χ4n) is 1.91. The molecule has 2 atom stereocenters. The molecule has 2 unspecified atom stereocenters. The van der Waals surface area contributed by atoms with Gasteiger partial charge in [-0.2, -0.15) is 0 Å². The molecule has 0 bridgehead atoms. The molecule has 84 valence electrons. The first-order chi connectivity index (χ1) is 7.63. The number of ether oxygens (including phenoxy) is 1. The quantitative estimate of drug-likeness (QED) is 0.848. The van der Waals surface area contributed by atoms with Crippen molar-refractivity contribution in [1.82, 2.24) is 0 Å². The summed E-state index contributed by atoms with van der Waals surface area (Å²) in [4.78, 5) is 10.9. The minimum absolute atomic E-state index is 0.00387. The Labute approximate surface area is 94.4 Å². The molecule has 1 aromatic carbocycles. The van der Waals surface area contributed by atoms with E-state index in [1.54, 1.807) is 14.0 Å². The highest BCUT2D eigenvalue weighted by Crippen LogP contribution is 2.32. The number of rotatable bonds is 3. The van der Waals surface area contributed by atoms with Crippen LogP contribution in [0.4, 0.5) is 0 Å². The molecule has 0 aliphatic heterocycles. The molecular weight excluding hydrogens is 204 g/mol. The molecule has 3 nitrogen and oxygen atoms in total. The highest BCUT2D eigenvalue weighted by molar-refractivity contribution is 5.76. The van der Waals surface area contributed by atoms with Crippen molar-refractivity contribution in [1.29, 1.82) is 0 Å². The molecule has 2 rings (SSSR count). The molecule has 3 heteroatoms. The molecule has 0 aromatic heterocycles. The number of carboxylic acid groups (broad SMARTS) is 1. The summed E-state index contributed by atoms with van der Waals surface area (Å²) >= 11 is 0. The number of benzene rings is 1. The maximum atomic E-state index is 10.9. The average molecular weight is 218 g/mol. The Morgan fingerprint density at radius 3 is 2.88 bits per heavy atom. The Morgan fingerprint density at radius 1 is 1.50 bits per heavy atom. The van der Waals surface area contributed by atoms with Crippen molar-refractivity contribution in [3.8, 4) is 0 Å². The van der Waals surface area contributed by atoms with E-state index in [2.05, 4.69) is 0 Å². The number of hydrogen-bond donors (Lipinski definition) is 1. The fraction of sp³-hybridized carbons (Fsp3) is 0.308. The monoisotopic (exact) mass is 218 g/mol. The summed E-state index contributed by atoms with van der Waals surface area (Å²) in [6, 6.07) is 5.72. The van der Waals surface area contributed by atoms with Crippen LogP contribution in [-0.2, 0) is 9.53 Å². The summed E-state index contributed by atoms with van der Waals surface area (Å²) in [5.74, 6) is -1.27. The van der Waals surface area contributed by atoms with Gasteiger partial charge in [-0.25, -0.2) is 0 Å². The Bertz CT molecular complexity index is 448. The third-order valence-electron chi connectivity index (χ3n) is 2.99. The second-order valence-electron chi connectivity index (χ2n) is 3.96. The van der Waals surface area contributed by atoms with E-state index in [0.717, 1.165) is 16.7 Å². The minimum atomic E-state index is -0.801. The van der Waals surface area contributed by atoms with Crippen molar-refractivity contribution in [2.45, 2.75) is 18.9 Å².